The second-order valence-corrected chi connectivity index (χ2v) is 1.49. The van der Waals surface area contributed by atoms with Gasteiger partial charge in [0.1, 0.15) is 0 Å². The summed E-state index contributed by atoms with van der Waals surface area (Å²) < 4.78 is 0. The monoisotopic (exact) mass is 103 g/mol. The minimum atomic E-state index is 0.122. The van der Waals surface area contributed by atoms with Crippen LogP contribution in [0.4, 0.5) is 0 Å². The third-order valence-electron chi connectivity index (χ3n) is 0.771. The van der Waals surface area contributed by atoms with E-state index in [1.807, 2.05) is 0 Å². The highest BCUT2D eigenvalue weighted by Gasteiger charge is 2.16. The number of aliphatic hydroxyl groups excluding tert-OH is 1. The van der Waals surface area contributed by atoms with E-state index < -0.39 is 0 Å². The van der Waals surface area contributed by atoms with Crippen molar-refractivity contribution in [1.29, 1.82) is 0 Å². The molecule has 0 atom stereocenters. The molecular formula is C4H9NO2. The average molecular weight is 103 g/mol. The molecule has 0 aromatic carbocycles. The lowest BCUT2D eigenvalue weighted by molar-refractivity contribution is -0.0764. The van der Waals surface area contributed by atoms with Gasteiger partial charge in [-0.3, -0.25) is 4.84 Å². The van der Waals surface area contributed by atoms with Gasteiger partial charge < -0.3 is 5.11 Å². The van der Waals surface area contributed by atoms with Gasteiger partial charge in [-0.1, -0.05) is 0 Å². The molecule has 1 heterocycles. The number of rotatable bonds is 3. The largest absolute Gasteiger partial charge is 0.394 e. The lowest BCUT2D eigenvalue weighted by atomic mass is 10.8. The molecule has 0 spiro atoms. The topological polar surface area (TPSA) is 32.5 Å². The fourth-order valence-electron chi connectivity index (χ4n) is 0.340. The number of hydrogen-bond acceptors (Lipinski definition) is 3. The summed E-state index contributed by atoms with van der Waals surface area (Å²) in [6, 6.07) is 0. The first-order valence-electron chi connectivity index (χ1n) is 2.42. The molecule has 1 fully saturated rings. The zero-order valence-electron chi connectivity index (χ0n) is 4.13. The van der Waals surface area contributed by atoms with E-state index >= 15 is 0 Å². The van der Waals surface area contributed by atoms with Gasteiger partial charge in [0.2, 0.25) is 0 Å². The van der Waals surface area contributed by atoms with Crippen LogP contribution in [0.15, 0.2) is 0 Å². The third kappa shape index (κ3) is 1.87. The van der Waals surface area contributed by atoms with Crippen molar-refractivity contribution in [2.75, 3.05) is 26.3 Å². The van der Waals surface area contributed by atoms with E-state index in [1.54, 1.807) is 5.06 Å². The van der Waals surface area contributed by atoms with Crippen LogP contribution in [0, 0.1) is 0 Å². The fourth-order valence-corrected chi connectivity index (χ4v) is 0.340. The minimum absolute atomic E-state index is 0.122. The van der Waals surface area contributed by atoms with Gasteiger partial charge in [-0.15, -0.1) is 0 Å². The van der Waals surface area contributed by atoms with Crippen LogP contribution < -0.4 is 0 Å². The average Bonchev–Trinajstić information content (AvgIpc) is 2.42. The maximum atomic E-state index is 8.19. The summed E-state index contributed by atoms with van der Waals surface area (Å²) >= 11 is 0. The number of hydroxylamine groups is 2. The quantitative estimate of drug-likeness (QED) is 0.476. The van der Waals surface area contributed by atoms with Gasteiger partial charge in [-0.25, -0.2) is 0 Å². The molecular weight excluding hydrogens is 94.0 g/mol. The summed E-state index contributed by atoms with van der Waals surface area (Å²) in [5, 5.41) is 9.99. The van der Waals surface area contributed by atoms with Gasteiger partial charge in [-0.05, 0) is 0 Å². The van der Waals surface area contributed by atoms with Crippen molar-refractivity contribution >= 4 is 0 Å². The molecule has 1 aliphatic rings. The van der Waals surface area contributed by atoms with Crippen molar-refractivity contribution < 1.29 is 9.94 Å². The summed E-state index contributed by atoms with van der Waals surface area (Å²) in [7, 11) is 0. The van der Waals surface area contributed by atoms with Crippen molar-refractivity contribution in [3.05, 3.63) is 0 Å². The first-order valence-corrected chi connectivity index (χ1v) is 2.42. The normalized spacial score (nSPS) is 20.1. The highest BCUT2D eigenvalue weighted by atomic mass is 16.7. The van der Waals surface area contributed by atoms with E-state index in [-0.39, 0.29) is 6.61 Å². The highest BCUT2D eigenvalue weighted by Crippen LogP contribution is 2.01. The number of hydrogen-bond donors (Lipinski definition) is 1. The first kappa shape index (κ1) is 5.03. The van der Waals surface area contributed by atoms with Gasteiger partial charge in [0.15, 0.2) is 0 Å². The molecule has 7 heavy (non-hydrogen) atoms. The van der Waals surface area contributed by atoms with E-state index in [9.17, 15) is 0 Å². The molecule has 0 saturated carbocycles. The Morgan fingerprint density at radius 3 is 2.71 bits per heavy atom. The van der Waals surface area contributed by atoms with Gasteiger partial charge in [0, 0.05) is 13.1 Å². The molecule has 0 radical (unpaired) electrons. The Bertz CT molecular complexity index is 53.7. The van der Waals surface area contributed by atoms with Crippen molar-refractivity contribution in [2.45, 2.75) is 0 Å². The van der Waals surface area contributed by atoms with E-state index in [4.69, 9.17) is 9.94 Å². The van der Waals surface area contributed by atoms with Crippen molar-refractivity contribution in [3.63, 3.8) is 0 Å². The summed E-state index contributed by atoms with van der Waals surface area (Å²) in [6.45, 7) is 2.62. The van der Waals surface area contributed by atoms with Gasteiger partial charge in [-0.2, -0.15) is 5.06 Å². The predicted octanol–water partition coefficient (Wildman–Crippen LogP) is -0.774. The van der Waals surface area contributed by atoms with Crippen LogP contribution in [0.25, 0.3) is 0 Å². The molecule has 3 nitrogen and oxygen atoms in total. The molecule has 0 aliphatic carbocycles. The number of nitrogens with zero attached hydrogens (tertiary/aromatic N) is 1. The SMILES string of the molecule is OCCON1CC1. The second-order valence-electron chi connectivity index (χ2n) is 1.49. The van der Waals surface area contributed by atoms with Crippen LogP contribution in [0.1, 0.15) is 0 Å². The Morgan fingerprint density at radius 1 is 1.57 bits per heavy atom. The smallest absolute Gasteiger partial charge is 0.0916 e. The van der Waals surface area contributed by atoms with Crippen LogP contribution in [0.3, 0.4) is 0 Å². The van der Waals surface area contributed by atoms with Crippen LogP contribution in [-0.2, 0) is 4.84 Å². The molecule has 0 aromatic heterocycles. The van der Waals surface area contributed by atoms with E-state index in [0.717, 1.165) is 13.1 Å². The maximum absolute atomic E-state index is 8.19. The first-order chi connectivity index (χ1) is 3.43. The summed E-state index contributed by atoms with van der Waals surface area (Å²) in [5.74, 6) is 0. The fraction of sp³-hybridized carbons (Fsp3) is 1.00. The van der Waals surface area contributed by atoms with Crippen LogP contribution in [0.5, 0.6) is 0 Å². The highest BCUT2D eigenvalue weighted by molar-refractivity contribution is 4.59. The Hall–Kier alpha value is -0.120. The maximum Gasteiger partial charge on any atom is 0.0916 e. The van der Waals surface area contributed by atoms with Crippen LogP contribution in [0.2, 0.25) is 0 Å². The van der Waals surface area contributed by atoms with Gasteiger partial charge in [0.25, 0.3) is 0 Å². The van der Waals surface area contributed by atoms with E-state index in [2.05, 4.69) is 0 Å². The molecule has 1 N–H and O–H groups in total. The molecule has 1 saturated heterocycles. The molecule has 0 bridgehead atoms. The molecule has 0 amide bonds. The van der Waals surface area contributed by atoms with Gasteiger partial charge in [0.05, 0.1) is 13.2 Å². The second kappa shape index (κ2) is 2.26. The van der Waals surface area contributed by atoms with Crippen LogP contribution >= 0.6 is 0 Å². The van der Waals surface area contributed by atoms with Gasteiger partial charge >= 0.3 is 0 Å². The number of aliphatic hydroxyl groups is 1. The molecule has 3 heteroatoms. The summed E-state index contributed by atoms with van der Waals surface area (Å²) in [5.41, 5.74) is 0. The van der Waals surface area contributed by atoms with Crippen molar-refractivity contribution in [2.24, 2.45) is 0 Å². The molecule has 1 rings (SSSR count). The summed E-state index contributed by atoms with van der Waals surface area (Å²) in [6.07, 6.45) is 0. The van der Waals surface area contributed by atoms with Crippen molar-refractivity contribution in [1.82, 2.24) is 5.06 Å². The standard InChI is InChI=1S/C4H9NO2/c6-3-4-7-5-1-2-5/h6H,1-4H2. The minimum Gasteiger partial charge on any atom is -0.394 e. The molecule has 1 aliphatic heterocycles. The summed E-state index contributed by atoms with van der Waals surface area (Å²) in [4.78, 5) is 4.89. The Balaban J connectivity index is 1.80. The zero-order chi connectivity index (χ0) is 5.11. The third-order valence-corrected chi connectivity index (χ3v) is 0.771. The lowest BCUT2D eigenvalue weighted by Crippen LogP contribution is -2.03. The molecule has 0 aromatic rings. The Kier molecular flexibility index (Phi) is 1.62. The Labute approximate surface area is 42.4 Å². The zero-order valence-corrected chi connectivity index (χ0v) is 4.13. The lowest BCUT2D eigenvalue weighted by Gasteiger charge is -1.96. The van der Waals surface area contributed by atoms with Crippen molar-refractivity contribution in [3.8, 4) is 0 Å². The van der Waals surface area contributed by atoms with Crippen LogP contribution in [-0.4, -0.2) is 36.5 Å². The predicted molar refractivity (Wildman–Crippen MR) is 24.6 cm³/mol. The molecule has 0 unspecified atom stereocenters. The Morgan fingerprint density at radius 2 is 2.29 bits per heavy atom. The molecule has 42 valence electrons. The van der Waals surface area contributed by atoms with E-state index in [0.29, 0.717) is 6.61 Å². The van der Waals surface area contributed by atoms with E-state index in [1.165, 1.54) is 0 Å².